The van der Waals surface area contributed by atoms with E-state index in [1.165, 1.54) is 0 Å². The summed E-state index contributed by atoms with van der Waals surface area (Å²) in [5, 5.41) is 1.76. The lowest BCUT2D eigenvalue weighted by Gasteiger charge is -2.14. The number of benzene rings is 1. The lowest BCUT2D eigenvalue weighted by Crippen LogP contribution is -2.20. The van der Waals surface area contributed by atoms with Crippen LogP contribution < -0.4 is 5.32 Å². The first-order valence-corrected chi connectivity index (χ1v) is 5.67. The molecule has 0 aliphatic rings. The van der Waals surface area contributed by atoms with Crippen molar-refractivity contribution in [2.75, 3.05) is 5.32 Å². The van der Waals surface area contributed by atoms with Gasteiger partial charge >= 0.3 is 12.4 Å². The van der Waals surface area contributed by atoms with Gasteiger partial charge in [-0.25, -0.2) is 0 Å². The molecule has 1 amide bonds. The van der Waals surface area contributed by atoms with Gasteiger partial charge in [-0.2, -0.15) is 26.3 Å². The van der Waals surface area contributed by atoms with Gasteiger partial charge in [0.2, 0.25) is 0 Å². The zero-order valence-electron chi connectivity index (χ0n) is 9.24. The zero-order chi connectivity index (χ0) is 15.7. The van der Waals surface area contributed by atoms with Crippen molar-refractivity contribution in [2.24, 2.45) is 0 Å². The highest BCUT2D eigenvalue weighted by Crippen LogP contribution is 2.37. The number of anilines is 1. The third-order valence-electron chi connectivity index (χ3n) is 2.05. The van der Waals surface area contributed by atoms with Gasteiger partial charge in [0.1, 0.15) is 0 Å². The van der Waals surface area contributed by atoms with Gasteiger partial charge in [-0.15, -0.1) is 0 Å². The molecule has 10 heteroatoms. The van der Waals surface area contributed by atoms with Gasteiger partial charge in [0.25, 0.3) is 5.91 Å². The summed E-state index contributed by atoms with van der Waals surface area (Å²) in [6, 6.07) is 0.640. The van der Waals surface area contributed by atoms with Crippen molar-refractivity contribution in [3.05, 3.63) is 29.3 Å². The quantitative estimate of drug-likeness (QED) is 0.625. The fourth-order valence-corrected chi connectivity index (χ4v) is 1.33. The first-order valence-electron chi connectivity index (χ1n) is 4.80. The number of amides is 1. The van der Waals surface area contributed by atoms with Crippen LogP contribution in [0.25, 0.3) is 0 Å². The monoisotopic (exact) mass is 339 g/mol. The predicted octanol–water partition coefficient (Wildman–Crippen LogP) is 4.47. The molecule has 0 aromatic heterocycles. The van der Waals surface area contributed by atoms with E-state index in [1.807, 2.05) is 0 Å². The van der Waals surface area contributed by atoms with Gasteiger partial charge in [-0.3, -0.25) is 4.79 Å². The SMILES string of the molecule is O=C(Nc1cc(C(F)(F)F)cc(C(F)(F)F)c1)C(Cl)Cl. The molecular formula is C10H5Cl2F6NO. The van der Waals surface area contributed by atoms with Crippen LogP contribution in [0.5, 0.6) is 0 Å². The Balaban J connectivity index is 3.28. The van der Waals surface area contributed by atoms with Crippen molar-refractivity contribution in [3.8, 4) is 0 Å². The zero-order valence-corrected chi connectivity index (χ0v) is 10.8. The number of carbonyl (C=O) groups excluding carboxylic acids is 1. The van der Waals surface area contributed by atoms with Gasteiger partial charge in [0, 0.05) is 5.69 Å². The van der Waals surface area contributed by atoms with Gasteiger partial charge in [0.15, 0.2) is 4.84 Å². The highest BCUT2D eigenvalue weighted by Gasteiger charge is 2.37. The van der Waals surface area contributed by atoms with E-state index in [1.54, 1.807) is 5.32 Å². The van der Waals surface area contributed by atoms with Crippen LogP contribution in [0.4, 0.5) is 32.0 Å². The van der Waals surface area contributed by atoms with E-state index in [0.29, 0.717) is 12.1 Å². The fraction of sp³-hybridized carbons (Fsp3) is 0.300. The van der Waals surface area contributed by atoms with Crippen LogP contribution in [0, 0.1) is 0 Å². The van der Waals surface area contributed by atoms with E-state index in [-0.39, 0.29) is 6.07 Å². The first kappa shape index (κ1) is 16.9. The number of carbonyl (C=O) groups is 1. The smallest absolute Gasteiger partial charge is 0.324 e. The van der Waals surface area contributed by atoms with Gasteiger partial charge in [-0.1, -0.05) is 23.2 Å². The van der Waals surface area contributed by atoms with Crippen LogP contribution >= 0.6 is 23.2 Å². The molecule has 0 saturated heterocycles. The van der Waals surface area contributed by atoms with E-state index in [4.69, 9.17) is 23.2 Å². The Hall–Kier alpha value is -1.15. The van der Waals surface area contributed by atoms with Crippen LogP contribution in [-0.2, 0) is 17.1 Å². The van der Waals surface area contributed by atoms with Crippen LogP contribution in [0.3, 0.4) is 0 Å². The van der Waals surface area contributed by atoms with E-state index in [9.17, 15) is 31.1 Å². The van der Waals surface area contributed by atoms with Crippen molar-refractivity contribution in [2.45, 2.75) is 17.2 Å². The van der Waals surface area contributed by atoms with E-state index in [0.717, 1.165) is 0 Å². The van der Waals surface area contributed by atoms with Crippen LogP contribution in [-0.4, -0.2) is 10.7 Å². The molecule has 0 fully saturated rings. The van der Waals surface area contributed by atoms with Crippen molar-refractivity contribution in [1.82, 2.24) is 0 Å². The number of halogens is 8. The second-order valence-corrected chi connectivity index (χ2v) is 4.68. The Morgan fingerprint density at radius 3 is 1.65 bits per heavy atom. The Morgan fingerprint density at radius 2 is 1.35 bits per heavy atom. The molecule has 2 nitrogen and oxygen atoms in total. The molecule has 1 N–H and O–H groups in total. The largest absolute Gasteiger partial charge is 0.416 e. The number of hydrogen-bond acceptors (Lipinski definition) is 1. The van der Waals surface area contributed by atoms with Crippen LogP contribution in [0.1, 0.15) is 11.1 Å². The number of rotatable bonds is 2. The fourth-order valence-electron chi connectivity index (χ4n) is 1.22. The second-order valence-electron chi connectivity index (χ2n) is 3.58. The molecule has 0 bridgehead atoms. The summed E-state index contributed by atoms with van der Waals surface area (Å²) in [5.74, 6) is -1.14. The van der Waals surface area contributed by atoms with Crippen molar-refractivity contribution >= 4 is 34.8 Å². The van der Waals surface area contributed by atoms with E-state index < -0.39 is 39.9 Å². The Labute approximate surface area is 118 Å². The normalized spacial score (nSPS) is 12.7. The molecule has 0 spiro atoms. The van der Waals surface area contributed by atoms with Crippen molar-refractivity contribution in [1.29, 1.82) is 0 Å². The molecule has 0 aliphatic heterocycles. The summed E-state index contributed by atoms with van der Waals surface area (Å²) in [4.78, 5) is 9.47. The molecule has 20 heavy (non-hydrogen) atoms. The minimum Gasteiger partial charge on any atom is -0.324 e. The molecule has 1 rings (SSSR count). The molecule has 0 aliphatic carbocycles. The maximum Gasteiger partial charge on any atom is 0.416 e. The predicted molar refractivity (Wildman–Crippen MR) is 60.6 cm³/mol. The Bertz CT molecular complexity index is 479. The number of alkyl halides is 8. The highest BCUT2D eigenvalue weighted by molar-refractivity contribution is 6.54. The first-order chi connectivity index (χ1) is 8.91. The third kappa shape index (κ3) is 4.45. The van der Waals surface area contributed by atoms with Crippen LogP contribution in [0.15, 0.2) is 18.2 Å². The topological polar surface area (TPSA) is 29.1 Å². The van der Waals surface area contributed by atoms with Gasteiger partial charge in [-0.05, 0) is 18.2 Å². The maximum atomic E-state index is 12.5. The summed E-state index contributed by atoms with van der Waals surface area (Å²) < 4.78 is 75.0. The average Bonchev–Trinajstić information content (AvgIpc) is 2.26. The maximum absolute atomic E-state index is 12.5. The Morgan fingerprint density at radius 1 is 0.950 bits per heavy atom. The van der Waals surface area contributed by atoms with E-state index in [2.05, 4.69) is 0 Å². The standard InChI is InChI=1S/C10H5Cl2F6NO/c11-7(12)8(20)19-6-2-4(9(13,14)15)1-5(3-6)10(16,17)18/h1-3,7H,(H,19,20). The second kappa shape index (κ2) is 5.69. The molecule has 0 saturated carbocycles. The Kier molecular flexibility index (Phi) is 4.81. The summed E-state index contributed by atoms with van der Waals surface area (Å²) in [6.07, 6.45) is -10.00. The van der Waals surface area contributed by atoms with Gasteiger partial charge in [0.05, 0.1) is 11.1 Å². The summed E-state index contributed by atoms with van der Waals surface area (Å²) >= 11 is 10.3. The van der Waals surface area contributed by atoms with Gasteiger partial charge < -0.3 is 5.32 Å². The molecule has 112 valence electrons. The lowest BCUT2D eigenvalue weighted by molar-refractivity contribution is -0.143. The summed E-state index contributed by atoms with van der Waals surface area (Å²) in [5.41, 5.74) is -3.81. The lowest BCUT2D eigenvalue weighted by atomic mass is 10.1. The summed E-state index contributed by atoms with van der Waals surface area (Å²) in [7, 11) is 0. The van der Waals surface area contributed by atoms with Crippen LogP contribution in [0.2, 0.25) is 0 Å². The number of hydrogen-bond donors (Lipinski definition) is 1. The molecule has 0 unspecified atom stereocenters. The van der Waals surface area contributed by atoms with Crippen molar-refractivity contribution in [3.63, 3.8) is 0 Å². The molecule has 0 heterocycles. The minimum absolute atomic E-state index is 0.0610. The third-order valence-corrected chi connectivity index (χ3v) is 2.45. The van der Waals surface area contributed by atoms with Crippen molar-refractivity contribution < 1.29 is 31.1 Å². The molecular weight excluding hydrogens is 335 g/mol. The number of nitrogens with one attached hydrogen (secondary N) is 1. The van der Waals surface area contributed by atoms with E-state index >= 15 is 0 Å². The molecule has 0 radical (unpaired) electrons. The molecule has 1 aromatic carbocycles. The molecule has 0 atom stereocenters. The summed E-state index contributed by atoms with van der Waals surface area (Å²) in [6.45, 7) is 0. The average molecular weight is 340 g/mol. The highest BCUT2D eigenvalue weighted by atomic mass is 35.5. The molecule has 1 aromatic rings. The minimum atomic E-state index is -5.00.